The summed E-state index contributed by atoms with van der Waals surface area (Å²) in [5.74, 6) is 0.349. The standard InChI is InChI=1S/C9H10O.C4H6O.H2O/c1-2-5-8-6-3-4-7-9(8)10;1-3-5-4-2;/h2-4,6-7,10H,1,5H2;3-4H,1-2H2;1H2. The second-order valence-corrected chi connectivity index (χ2v) is 2.59. The number of hydrogen-bond acceptors (Lipinski definition) is 2. The molecule has 0 bridgehead atoms. The van der Waals surface area contributed by atoms with E-state index in [4.69, 9.17) is 0 Å². The normalized spacial score (nSPS) is 7.50. The predicted octanol–water partition coefficient (Wildman–Crippen LogP) is 2.59. The lowest BCUT2D eigenvalue weighted by Gasteiger charge is -1.97. The maximum Gasteiger partial charge on any atom is 0.119 e. The lowest BCUT2D eigenvalue weighted by atomic mass is 10.1. The Morgan fingerprint density at radius 1 is 1.12 bits per heavy atom. The van der Waals surface area contributed by atoms with Crippen molar-refractivity contribution in [2.75, 3.05) is 0 Å². The fourth-order valence-corrected chi connectivity index (χ4v) is 0.907. The van der Waals surface area contributed by atoms with E-state index in [0.717, 1.165) is 12.0 Å². The smallest absolute Gasteiger partial charge is 0.119 e. The molecule has 1 aromatic carbocycles. The first-order chi connectivity index (χ1) is 7.26. The third kappa shape index (κ3) is 7.41. The van der Waals surface area contributed by atoms with Gasteiger partial charge in [-0.2, -0.15) is 0 Å². The van der Waals surface area contributed by atoms with E-state index in [1.54, 1.807) is 12.1 Å². The summed E-state index contributed by atoms with van der Waals surface area (Å²) in [6.45, 7) is 10.1. The van der Waals surface area contributed by atoms with Crippen LogP contribution < -0.4 is 0 Å². The second-order valence-electron chi connectivity index (χ2n) is 2.59. The van der Waals surface area contributed by atoms with E-state index < -0.39 is 0 Å². The number of allylic oxidation sites excluding steroid dienone is 1. The molecule has 0 spiro atoms. The fraction of sp³-hybridized carbons (Fsp3) is 0.0769. The van der Waals surface area contributed by atoms with Crippen LogP contribution in [0.1, 0.15) is 5.56 Å². The lowest BCUT2D eigenvalue weighted by Crippen LogP contribution is -1.79. The number of hydrogen-bond donors (Lipinski definition) is 1. The minimum Gasteiger partial charge on any atom is -0.508 e. The molecule has 0 unspecified atom stereocenters. The molecule has 0 saturated heterocycles. The Morgan fingerprint density at radius 2 is 1.69 bits per heavy atom. The minimum absolute atomic E-state index is 0. The maximum absolute atomic E-state index is 9.19. The van der Waals surface area contributed by atoms with Crippen LogP contribution in [0.25, 0.3) is 0 Å². The van der Waals surface area contributed by atoms with Crippen molar-refractivity contribution >= 4 is 0 Å². The molecular formula is C13H18O3. The molecular weight excluding hydrogens is 204 g/mol. The van der Waals surface area contributed by atoms with Gasteiger partial charge in [-0.3, -0.25) is 0 Å². The van der Waals surface area contributed by atoms with Crippen LogP contribution in [-0.2, 0) is 11.2 Å². The average molecular weight is 222 g/mol. The number of ether oxygens (including phenoxy) is 1. The Balaban J connectivity index is 0. The number of aromatic hydroxyl groups is 1. The summed E-state index contributed by atoms with van der Waals surface area (Å²) in [7, 11) is 0. The van der Waals surface area contributed by atoms with Crippen LogP contribution in [0.15, 0.2) is 62.6 Å². The molecule has 3 nitrogen and oxygen atoms in total. The SMILES string of the molecule is C=CCc1ccccc1O.C=COC=C.O. The van der Waals surface area contributed by atoms with Crippen LogP contribution in [0.4, 0.5) is 0 Å². The van der Waals surface area contributed by atoms with Gasteiger partial charge in [-0.1, -0.05) is 37.4 Å². The van der Waals surface area contributed by atoms with Crippen molar-refractivity contribution < 1.29 is 15.3 Å². The molecule has 0 aromatic heterocycles. The van der Waals surface area contributed by atoms with Crippen molar-refractivity contribution in [2.24, 2.45) is 0 Å². The predicted molar refractivity (Wildman–Crippen MR) is 67.1 cm³/mol. The Bertz CT molecular complexity index is 313. The molecule has 1 aromatic rings. The van der Waals surface area contributed by atoms with Crippen molar-refractivity contribution in [3.05, 3.63) is 68.2 Å². The van der Waals surface area contributed by atoms with Gasteiger partial charge in [0.2, 0.25) is 0 Å². The number of para-hydroxylation sites is 1. The molecule has 0 atom stereocenters. The summed E-state index contributed by atoms with van der Waals surface area (Å²) < 4.78 is 4.36. The van der Waals surface area contributed by atoms with Crippen LogP contribution in [0.2, 0.25) is 0 Å². The quantitative estimate of drug-likeness (QED) is 0.628. The molecule has 16 heavy (non-hydrogen) atoms. The van der Waals surface area contributed by atoms with Gasteiger partial charge in [0.25, 0.3) is 0 Å². The summed E-state index contributed by atoms with van der Waals surface area (Å²) in [5, 5.41) is 9.19. The van der Waals surface area contributed by atoms with Crippen molar-refractivity contribution in [3.8, 4) is 5.75 Å². The highest BCUT2D eigenvalue weighted by molar-refractivity contribution is 5.32. The summed E-state index contributed by atoms with van der Waals surface area (Å²) in [6, 6.07) is 7.27. The molecule has 0 radical (unpaired) electrons. The van der Waals surface area contributed by atoms with Crippen molar-refractivity contribution in [3.63, 3.8) is 0 Å². The monoisotopic (exact) mass is 222 g/mol. The zero-order valence-corrected chi connectivity index (χ0v) is 9.23. The number of benzene rings is 1. The first-order valence-electron chi connectivity index (χ1n) is 4.51. The zero-order chi connectivity index (χ0) is 11.5. The van der Waals surface area contributed by atoms with Gasteiger partial charge < -0.3 is 15.3 Å². The van der Waals surface area contributed by atoms with Gasteiger partial charge in [0, 0.05) is 0 Å². The topological polar surface area (TPSA) is 61.0 Å². The van der Waals surface area contributed by atoms with Gasteiger partial charge in [-0.15, -0.1) is 6.58 Å². The largest absolute Gasteiger partial charge is 0.508 e. The number of rotatable bonds is 4. The molecule has 88 valence electrons. The Hall–Kier alpha value is -2.00. The molecule has 0 saturated carbocycles. The van der Waals surface area contributed by atoms with Gasteiger partial charge in [-0.25, -0.2) is 0 Å². The first kappa shape index (κ1) is 16.4. The maximum atomic E-state index is 9.19. The Kier molecular flexibility index (Phi) is 11.4. The highest BCUT2D eigenvalue weighted by Crippen LogP contribution is 2.15. The summed E-state index contributed by atoms with van der Waals surface area (Å²) in [5.41, 5.74) is 0.928. The highest BCUT2D eigenvalue weighted by atomic mass is 16.5. The van der Waals surface area contributed by atoms with Crippen molar-refractivity contribution in [2.45, 2.75) is 6.42 Å². The number of phenols is 1. The van der Waals surface area contributed by atoms with E-state index in [0.29, 0.717) is 5.75 Å². The van der Waals surface area contributed by atoms with Gasteiger partial charge in [-0.05, 0) is 18.1 Å². The summed E-state index contributed by atoms with van der Waals surface area (Å²) >= 11 is 0. The van der Waals surface area contributed by atoms with Crippen LogP contribution in [0, 0.1) is 0 Å². The molecule has 0 aliphatic heterocycles. The molecule has 1 rings (SSSR count). The van der Waals surface area contributed by atoms with Crippen molar-refractivity contribution in [1.82, 2.24) is 0 Å². The van der Waals surface area contributed by atoms with Gasteiger partial charge in [0.15, 0.2) is 0 Å². The van der Waals surface area contributed by atoms with Crippen LogP contribution in [0.3, 0.4) is 0 Å². The van der Waals surface area contributed by atoms with E-state index in [1.165, 1.54) is 12.5 Å². The fourth-order valence-electron chi connectivity index (χ4n) is 0.907. The van der Waals surface area contributed by atoms with Gasteiger partial charge >= 0.3 is 0 Å². The van der Waals surface area contributed by atoms with Gasteiger partial charge in [0.1, 0.15) is 5.75 Å². The number of phenolic OH excluding ortho intramolecular Hbond substituents is 1. The van der Waals surface area contributed by atoms with Crippen LogP contribution >= 0.6 is 0 Å². The molecule has 0 heterocycles. The third-order valence-corrected chi connectivity index (χ3v) is 1.55. The molecule has 0 fully saturated rings. The van der Waals surface area contributed by atoms with Gasteiger partial charge in [0.05, 0.1) is 12.5 Å². The Labute approximate surface area is 96.3 Å². The lowest BCUT2D eigenvalue weighted by molar-refractivity contribution is 0.406. The van der Waals surface area contributed by atoms with E-state index in [2.05, 4.69) is 24.5 Å². The van der Waals surface area contributed by atoms with Crippen LogP contribution in [-0.4, -0.2) is 10.6 Å². The molecule has 0 amide bonds. The van der Waals surface area contributed by atoms with Crippen molar-refractivity contribution in [1.29, 1.82) is 0 Å². The van der Waals surface area contributed by atoms with E-state index in [-0.39, 0.29) is 5.48 Å². The molecule has 0 aliphatic rings. The zero-order valence-electron chi connectivity index (χ0n) is 9.23. The summed E-state index contributed by atoms with van der Waals surface area (Å²) in [4.78, 5) is 0. The molecule has 0 aliphatic carbocycles. The van der Waals surface area contributed by atoms with Crippen LogP contribution in [0.5, 0.6) is 5.75 Å². The molecule has 3 heteroatoms. The summed E-state index contributed by atoms with van der Waals surface area (Å²) in [6.07, 6.45) is 5.13. The van der Waals surface area contributed by atoms with E-state index in [1.807, 2.05) is 18.2 Å². The second kappa shape index (κ2) is 11.1. The third-order valence-electron chi connectivity index (χ3n) is 1.55. The van der Waals surface area contributed by atoms with E-state index >= 15 is 0 Å². The van der Waals surface area contributed by atoms with E-state index in [9.17, 15) is 5.11 Å². The highest BCUT2D eigenvalue weighted by Gasteiger charge is 1.93. The Morgan fingerprint density at radius 3 is 2.06 bits per heavy atom. The first-order valence-corrected chi connectivity index (χ1v) is 4.51. The minimum atomic E-state index is 0. The molecule has 3 N–H and O–H groups in total. The average Bonchev–Trinajstić information content (AvgIpc) is 2.24.